The Morgan fingerprint density at radius 3 is 2.84 bits per heavy atom. The average Bonchev–Trinajstić information content (AvgIpc) is 2.94. The lowest BCUT2D eigenvalue weighted by atomic mass is 10.2. The Morgan fingerprint density at radius 1 is 1.53 bits per heavy atom. The fraction of sp³-hybridized carbons (Fsp3) is 0.583. The molecule has 1 atom stereocenters. The van der Waals surface area contributed by atoms with Crippen LogP contribution >= 0.6 is 0 Å². The molecule has 7 heteroatoms. The molecule has 0 aromatic carbocycles. The van der Waals surface area contributed by atoms with Crippen molar-refractivity contribution in [3.8, 4) is 0 Å². The van der Waals surface area contributed by atoms with E-state index in [2.05, 4.69) is 10.3 Å². The van der Waals surface area contributed by atoms with Crippen LogP contribution in [0.5, 0.6) is 0 Å². The number of hydrogen-bond acceptors (Lipinski definition) is 4. The summed E-state index contributed by atoms with van der Waals surface area (Å²) < 4.78 is 5.34. The molecular formula is C12H17N3O4. The van der Waals surface area contributed by atoms with Gasteiger partial charge in [0.2, 0.25) is 5.89 Å². The number of likely N-dealkylation sites (tertiary alicyclic amines) is 1. The summed E-state index contributed by atoms with van der Waals surface area (Å²) in [4.78, 5) is 28.4. The van der Waals surface area contributed by atoms with Crippen LogP contribution < -0.4 is 5.32 Å². The van der Waals surface area contributed by atoms with E-state index in [1.807, 2.05) is 6.92 Å². The second-order valence-electron chi connectivity index (χ2n) is 4.60. The number of carbonyl (C=O) groups excluding carboxylic acids is 1. The maximum absolute atomic E-state index is 11.9. The van der Waals surface area contributed by atoms with Crippen molar-refractivity contribution in [2.24, 2.45) is 0 Å². The van der Waals surface area contributed by atoms with Gasteiger partial charge in [0.1, 0.15) is 11.8 Å². The van der Waals surface area contributed by atoms with E-state index in [9.17, 15) is 9.59 Å². The number of amides is 2. The van der Waals surface area contributed by atoms with E-state index in [1.165, 1.54) is 4.90 Å². The first kappa shape index (κ1) is 13.4. The van der Waals surface area contributed by atoms with Crippen molar-refractivity contribution in [3.05, 3.63) is 17.3 Å². The largest absolute Gasteiger partial charge is 0.480 e. The Bertz CT molecular complexity index is 478. The summed E-state index contributed by atoms with van der Waals surface area (Å²) in [6.07, 6.45) is 1.21. The van der Waals surface area contributed by atoms with Crippen LogP contribution in [0.15, 0.2) is 4.42 Å². The number of aromatic nitrogens is 1. The zero-order valence-electron chi connectivity index (χ0n) is 11.0. The van der Waals surface area contributed by atoms with Gasteiger partial charge in [-0.25, -0.2) is 14.6 Å². The second-order valence-corrected chi connectivity index (χ2v) is 4.60. The number of rotatable bonds is 3. The molecule has 0 radical (unpaired) electrons. The van der Waals surface area contributed by atoms with Crippen molar-refractivity contribution in [1.29, 1.82) is 0 Å². The van der Waals surface area contributed by atoms with Crippen molar-refractivity contribution < 1.29 is 19.1 Å². The van der Waals surface area contributed by atoms with E-state index < -0.39 is 18.0 Å². The number of nitrogens with one attached hydrogen (secondary N) is 1. The van der Waals surface area contributed by atoms with Crippen molar-refractivity contribution in [1.82, 2.24) is 15.2 Å². The minimum absolute atomic E-state index is 0.163. The Balaban J connectivity index is 1.92. The van der Waals surface area contributed by atoms with Crippen LogP contribution in [0.2, 0.25) is 0 Å². The maximum Gasteiger partial charge on any atom is 0.326 e. The number of oxazole rings is 1. The Morgan fingerprint density at radius 2 is 2.26 bits per heavy atom. The fourth-order valence-corrected chi connectivity index (χ4v) is 2.13. The molecule has 1 aliphatic heterocycles. The third-order valence-electron chi connectivity index (χ3n) is 3.26. The normalized spacial score (nSPS) is 18.6. The summed E-state index contributed by atoms with van der Waals surface area (Å²) in [5, 5.41) is 11.6. The lowest BCUT2D eigenvalue weighted by molar-refractivity contribution is -0.141. The highest BCUT2D eigenvalue weighted by Gasteiger charge is 2.33. The van der Waals surface area contributed by atoms with E-state index in [-0.39, 0.29) is 6.54 Å². The molecule has 1 saturated heterocycles. The van der Waals surface area contributed by atoms with Gasteiger partial charge in [0.25, 0.3) is 0 Å². The maximum atomic E-state index is 11.9. The topological polar surface area (TPSA) is 95.7 Å². The van der Waals surface area contributed by atoms with Crippen LogP contribution in [-0.2, 0) is 11.3 Å². The highest BCUT2D eigenvalue weighted by Crippen LogP contribution is 2.17. The first-order valence-electron chi connectivity index (χ1n) is 6.19. The highest BCUT2D eigenvalue weighted by molar-refractivity contribution is 5.83. The molecule has 2 amide bonds. The molecule has 7 nitrogen and oxygen atoms in total. The first-order valence-corrected chi connectivity index (χ1v) is 6.19. The summed E-state index contributed by atoms with van der Waals surface area (Å²) in [6.45, 7) is 4.25. The molecule has 0 aliphatic carbocycles. The van der Waals surface area contributed by atoms with Gasteiger partial charge in [0.05, 0.1) is 12.2 Å². The smallest absolute Gasteiger partial charge is 0.326 e. The number of urea groups is 1. The Kier molecular flexibility index (Phi) is 3.73. The Labute approximate surface area is 110 Å². The van der Waals surface area contributed by atoms with Crippen molar-refractivity contribution in [3.63, 3.8) is 0 Å². The van der Waals surface area contributed by atoms with Gasteiger partial charge in [-0.15, -0.1) is 0 Å². The van der Waals surface area contributed by atoms with Crippen LogP contribution in [-0.4, -0.2) is 39.6 Å². The third kappa shape index (κ3) is 2.86. The second kappa shape index (κ2) is 5.29. The van der Waals surface area contributed by atoms with Crippen molar-refractivity contribution in [2.75, 3.05) is 6.54 Å². The number of carbonyl (C=O) groups is 2. The summed E-state index contributed by atoms with van der Waals surface area (Å²) in [5.74, 6) is 0.179. The van der Waals surface area contributed by atoms with Gasteiger partial charge in [-0.1, -0.05) is 0 Å². The van der Waals surface area contributed by atoms with Crippen molar-refractivity contribution >= 4 is 12.0 Å². The van der Waals surface area contributed by atoms with Gasteiger partial charge < -0.3 is 19.7 Å². The third-order valence-corrected chi connectivity index (χ3v) is 3.26. The SMILES string of the molecule is Cc1nc(CNC(=O)N2CCCC2C(=O)O)oc1C. The van der Waals surface area contributed by atoms with Crippen LogP contribution in [0.4, 0.5) is 4.79 Å². The molecule has 0 spiro atoms. The zero-order chi connectivity index (χ0) is 14.0. The number of carboxylic acid groups (broad SMARTS) is 1. The van der Waals surface area contributed by atoms with E-state index in [0.29, 0.717) is 31.0 Å². The summed E-state index contributed by atoms with van der Waals surface area (Å²) in [7, 11) is 0. The Hall–Kier alpha value is -2.05. The van der Waals surface area contributed by atoms with E-state index >= 15 is 0 Å². The monoisotopic (exact) mass is 267 g/mol. The number of nitrogens with zero attached hydrogens (tertiary/aromatic N) is 2. The van der Waals surface area contributed by atoms with Gasteiger partial charge >= 0.3 is 12.0 Å². The summed E-state index contributed by atoms with van der Waals surface area (Å²) >= 11 is 0. The lowest BCUT2D eigenvalue weighted by Gasteiger charge is -2.21. The van der Waals surface area contributed by atoms with Gasteiger partial charge in [-0.2, -0.15) is 0 Å². The molecule has 1 unspecified atom stereocenters. The van der Waals surface area contributed by atoms with Crippen LogP contribution in [0, 0.1) is 13.8 Å². The molecule has 2 rings (SSSR count). The molecule has 1 fully saturated rings. The van der Waals surface area contributed by atoms with E-state index in [0.717, 1.165) is 5.69 Å². The molecule has 19 heavy (non-hydrogen) atoms. The molecule has 1 aliphatic rings. The highest BCUT2D eigenvalue weighted by atomic mass is 16.4. The van der Waals surface area contributed by atoms with Crippen molar-refractivity contribution in [2.45, 2.75) is 39.3 Å². The number of aryl methyl sites for hydroxylation is 2. The quantitative estimate of drug-likeness (QED) is 0.853. The molecule has 0 saturated carbocycles. The number of hydrogen-bond donors (Lipinski definition) is 2. The summed E-state index contributed by atoms with van der Waals surface area (Å²) in [6, 6.07) is -1.12. The molecular weight excluding hydrogens is 250 g/mol. The fourth-order valence-electron chi connectivity index (χ4n) is 2.13. The summed E-state index contributed by atoms with van der Waals surface area (Å²) in [5.41, 5.74) is 0.786. The van der Waals surface area contributed by atoms with Crippen LogP contribution in [0.25, 0.3) is 0 Å². The number of aliphatic carboxylic acids is 1. The van der Waals surface area contributed by atoms with Crippen LogP contribution in [0.1, 0.15) is 30.2 Å². The van der Waals surface area contributed by atoms with Gasteiger partial charge in [0.15, 0.2) is 0 Å². The minimum Gasteiger partial charge on any atom is -0.480 e. The first-order chi connectivity index (χ1) is 8.99. The molecule has 0 bridgehead atoms. The van der Waals surface area contributed by atoms with Gasteiger partial charge in [-0.3, -0.25) is 0 Å². The van der Waals surface area contributed by atoms with Gasteiger partial charge in [0, 0.05) is 6.54 Å². The number of carboxylic acids is 1. The standard InChI is InChI=1S/C12H17N3O4/c1-7-8(2)19-10(14-7)6-13-12(18)15-5-3-4-9(15)11(16)17/h9H,3-6H2,1-2H3,(H,13,18)(H,16,17). The molecule has 1 aromatic rings. The predicted molar refractivity (Wildman–Crippen MR) is 65.6 cm³/mol. The molecule has 1 aromatic heterocycles. The lowest BCUT2D eigenvalue weighted by Crippen LogP contribution is -2.45. The molecule has 2 N–H and O–H groups in total. The predicted octanol–water partition coefficient (Wildman–Crippen LogP) is 1.05. The van der Waals surface area contributed by atoms with Gasteiger partial charge in [-0.05, 0) is 26.7 Å². The molecule has 104 valence electrons. The van der Waals surface area contributed by atoms with Crippen LogP contribution in [0.3, 0.4) is 0 Å². The van der Waals surface area contributed by atoms with E-state index in [1.54, 1.807) is 6.92 Å². The zero-order valence-corrected chi connectivity index (χ0v) is 11.0. The molecule has 2 heterocycles. The minimum atomic E-state index is -0.963. The average molecular weight is 267 g/mol. The van der Waals surface area contributed by atoms with E-state index in [4.69, 9.17) is 9.52 Å².